The Morgan fingerprint density at radius 2 is 2.42 bits per heavy atom. The first kappa shape index (κ1) is 8.77. The van der Waals surface area contributed by atoms with Crippen LogP contribution in [0.4, 0.5) is 0 Å². The molecule has 0 saturated heterocycles. The highest BCUT2D eigenvalue weighted by Gasteiger charge is 2.14. The Labute approximate surface area is 70.7 Å². The molecule has 0 aliphatic carbocycles. The van der Waals surface area contributed by atoms with E-state index < -0.39 is 5.91 Å². The highest BCUT2D eigenvalue weighted by molar-refractivity contribution is 5.93. The van der Waals surface area contributed by atoms with Gasteiger partial charge in [-0.05, 0) is 12.3 Å². The number of carbonyl (C=O) groups is 1. The summed E-state index contributed by atoms with van der Waals surface area (Å²) in [5.74, 6) is -0.117. The van der Waals surface area contributed by atoms with Gasteiger partial charge in [-0.3, -0.25) is 4.79 Å². The van der Waals surface area contributed by atoms with Gasteiger partial charge in [0.25, 0.3) is 5.91 Å². The molecule has 1 aromatic rings. The standard InChI is InChI=1S/C8H11N2O2/c1-5(2)3-7-6(8(9)11)4-12-10-7/h5H,3H2,1-2H3,(H2,9,11). The van der Waals surface area contributed by atoms with E-state index in [1.54, 1.807) is 0 Å². The van der Waals surface area contributed by atoms with E-state index in [9.17, 15) is 4.79 Å². The largest absolute Gasteiger partial charge is 0.365 e. The van der Waals surface area contributed by atoms with E-state index in [2.05, 4.69) is 15.9 Å². The molecule has 65 valence electrons. The minimum atomic E-state index is -0.535. The lowest BCUT2D eigenvalue weighted by Gasteiger charge is -1.99. The van der Waals surface area contributed by atoms with Crippen LogP contribution in [0.25, 0.3) is 0 Å². The van der Waals surface area contributed by atoms with Crippen molar-refractivity contribution in [1.82, 2.24) is 5.16 Å². The highest BCUT2D eigenvalue weighted by Crippen LogP contribution is 2.10. The second-order valence-corrected chi connectivity index (χ2v) is 3.07. The van der Waals surface area contributed by atoms with Gasteiger partial charge in [0.1, 0.15) is 5.56 Å². The van der Waals surface area contributed by atoms with E-state index in [1.807, 2.05) is 13.8 Å². The zero-order valence-corrected chi connectivity index (χ0v) is 7.13. The molecular weight excluding hydrogens is 156 g/mol. The lowest BCUT2D eigenvalue weighted by Crippen LogP contribution is -2.13. The van der Waals surface area contributed by atoms with Crippen LogP contribution in [0, 0.1) is 12.2 Å². The molecule has 1 amide bonds. The third-order valence-electron chi connectivity index (χ3n) is 1.44. The third kappa shape index (κ3) is 1.84. The van der Waals surface area contributed by atoms with Gasteiger partial charge in [-0.25, -0.2) is 0 Å². The van der Waals surface area contributed by atoms with Gasteiger partial charge in [0.15, 0.2) is 0 Å². The fraction of sp³-hybridized carbons (Fsp3) is 0.500. The van der Waals surface area contributed by atoms with Gasteiger partial charge in [0.2, 0.25) is 6.26 Å². The van der Waals surface area contributed by atoms with Gasteiger partial charge in [0.05, 0.1) is 5.69 Å². The first-order valence-corrected chi connectivity index (χ1v) is 3.77. The fourth-order valence-corrected chi connectivity index (χ4v) is 0.947. The molecule has 4 heteroatoms. The maximum absolute atomic E-state index is 10.8. The molecule has 2 N–H and O–H groups in total. The first-order chi connectivity index (χ1) is 5.61. The van der Waals surface area contributed by atoms with Gasteiger partial charge in [0, 0.05) is 0 Å². The lowest BCUT2D eigenvalue weighted by atomic mass is 10.1. The molecule has 1 rings (SSSR count). The van der Waals surface area contributed by atoms with E-state index in [1.165, 1.54) is 0 Å². The number of rotatable bonds is 3. The van der Waals surface area contributed by atoms with Crippen LogP contribution in [0.1, 0.15) is 29.9 Å². The van der Waals surface area contributed by atoms with Crippen molar-refractivity contribution in [2.24, 2.45) is 11.7 Å². The van der Waals surface area contributed by atoms with Gasteiger partial charge >= 0.3 is 0 Å². The van der Waals surface area contributed by atoms with Crippen LogP contribution in [0.3, 0.4) is 0 Å². The van der Waals surface area contributed by atoms with Crippen molar-refractivity contribution in [3.8, 4) is 0 Å². The van der Waals surface area contributed by atoms with E-state index >= 15 is 0 Å². The molecule has 0 spiro atoms. The van der Waals surface area contributed by atoms with Crippen LogP contribution < -0.4 is 5.73 Å². The van der Waals surface area contributed by atoms with Crippen LogP contribution in [-0.4, -0.2) is 11.1 Å². The minimum absolute atomic E-state index is 0.267. The van der Waals surface area contributed by atoms with E-state index in [-0.39, 0.29) is 5.56 Å². The molecule has 12 heavy (non-hydrogen) atoms. The summed E-state index contributed by atoms with van der Waals surface area (Å²) < 4.78 is 4.53. The number of nitrogens with two attached hydrogens (primary N) is 1. The average Bonchev–Trinajstić information content (AvgIpc) is 2.33. The molecule has 0 aliphatic rings. The van der Waals surface area contributed by atoms with E-state index in [0.29, 0.717) is 18.0 Å². The van der Waals surface area contributed by atoms with Crippen molar-refractivity contribution in [3.05, 3.63) is 17.5 Å². The number of hydrogen-bond acceptors (Lipinski definition) is 3. The summed E-state index contributed by atoms with van der Waals surface area (Å²) in [6.07, 6.45) is 3.04. The van der Waals surface area contributed by atoms with Crippen LogP contribution in [0.5, 0.6) is 0 Å². The van der Waals surface area contributed by atoms with E-state index in [4.69, 9.17) is 5.73 Å². The van der Waals surface area contributed by atoms with E-state index in [0.717, 1.165) is 0 Å². The molecule has 1 radical (unpaired) electrons. The number of aromatic nitrogens is 1. The SMILES string of the molecule is CC(C)Cc1no[c]c1C(N)=O. The van der Waals surface area contributed by atoms with Crippen LogP contribution in [-0.2, 0) is 6.42 Å². The average molecular weight is 167 g/mol. The van der Waals surface area contributed by atoms with Gasteiger partial charge < -0.3 is 10.3 Å². The summed E-state index contributed by atoms with van der Waals surface area (Å²) in [6, 6.07) is 0. The van der Waals surface area contributed by atoms with Crippen LogP contribution >= 0.6 is 0 Å². The predicted octanol–water partition coefficient (Wildman–Crippen LogP) is 0.772. The molecule has 0 aliphatic heterocycles. The molecule has 0 unspecified atom stereocenters. The van der Waals surface area contributed by atoms with Gasteiger partial charge in [-0.2, -0.15) is 0 Å². The summed E-state index contributed by atoms with van der Waals surface area (Å²) in [4.78, 5) is 10.8. The maximum atomic E-state index is 10.8. The van der Waals surface area contributed by atoms with Crippen molar-refractivity contribution in [2.75, 3.05) is 0 Å². The summed E-state index contributed by atoms with van der Waals surface area (Å²) in [7, 11) is 0. The Morgan fingerprint density at radius 3 is 2.92 bits per heavy atom. The predicted molar refractivity (Wildman–Crippen MR) is 42.4 cm³/mol. The van der Waals surface area contributed by atoms with Crippen LogP contribution in [0.15, 0.2) is 4.52 Å². The molecule has 0 bridgehead atoms. The zero-order chi connectivity index (χ0) is 9.14. The van der Waals surface area contributed by atoms with Crippen molar-refractivity contribution in [1.29, 1.82) is 0 Å². The molecule has 1 aromatic heterocycles. The second-order valence-electron chi connectivity index (χ2n) is 3.07. The molecule has 0 fully saturated rings. The lowest BCUT2D eigenvalue weighted by molar-refractivity contribution is 0.0998. The highest BCUT2D eigenvalue weighted by atomic mass is 16.5. The second kappa shape index (κ2) is 3.38. The smallest absolute Gasteiger partial charge is 0.254 e. The molecule has 4 nitrogen and oxygen atoms in total. The fourth-order valence-electron chi connectivity index (χ4n) is 0.947. The summed E-state index contributed by atoms with van der Waals surface area (Å²) in [6.45, 7) is 4.05. The summed E-state index contributed by atoms with van der Waals surface area (Å²) in [5.41, 5.74) is 5.93. The number of hydrogen-bond donors (Lipinski definition) is 1. The molecule has 0 saturated carbocycles. The van der Waals surface area contributed by atoms with Crippen LogP contribution in [0.2, 0.25) is 0 Å². The Balaban J connectivity index is 2.84. The maximum Gasteiger partial charge on any atom is 0.254 e. The van der Waals surface area contributed by atoms with Gasteiger partial charge in [-0.15, -0.1) is 0 Å². The number of nitrogens with zero attached hydrogens (tertiary/aromatic N) is 1. The monoisotopic (exact) mass is 167 g/mol. The number of primary amides is 1. The van der Waals surface area contributed by atoms with Gasteiger partial charge in [-0.1, -0.05) is 19.0 Å². The first-order valence-electron chi connectivity index (χ1n) is 3.77. The Morgan fingerprint density at radius 1 is 1.75 bits per heavy atom. The molecule has 0 atom stereocenters. The Kier molecular flexibility index (Phi) is 2.47. The zero-order valence-electron chi connectivity index (χ0n) is 7.13. The summed E-state index contributed by atoms with van der Waals surface area (Å²) >= 11 is 0. The molecular formula is C8H11N2O2. The number of amides is 1. The van der Waals surface area contributed by atoms with Crippen molar-refractivity contribution >= 4 is 5.91 Å². The van der Waals surface area contributed by atoms with Crippen molar-refractivity contribution < 1.29 is 9.32 Å². The number of carbonyl (C=O) groups excluding carboxylic acids is 1. The quantitative estimate of drug-likeness (QED) is 0.722. The minimum Gasteiger partial charge on any atom is -0.365 e. The van der Waals surface area contributed by atoms with Crippen molar-refractivity contribution in [2.45, 2.75) is 20.3 Å². The molecule has 0 aromatic carbocycles. The van der Waals surface area contributed by atoms with Crippen molar-refractivity contribution in [3.63, 3.8) is 0 Å². The topological polar surface area (TPSA) is 69.1 Å². The normalized spacial score (nSPS) is 10.6. The Bertz CT molecular complexity index is 278. The molecule has 1 heterocycles. The third-order valence-corrected chi connectivity index (χ3v) is 1.44. The Hall–Kier alpha value is -1.32. The summed E-state index contributed by atoms with van der Waals surface area (Å²) in [5, 5.41) is 3.65.